The molecule has 1 amide bonds. The number of nitrogens with zero attached hydrogens (tertiary/aromatic N) is 3. The zero-order valence-corrected chi connectivity index (χ0v) is 14.1. The van der Waals surface area contributed by atoms with Crippen LogP contribution in [0.15, 0.2) is 60.9 Å². The number of pyridine rings is 1. The molecule has 0 bridgehead atoms. The van der Waals surface area contributed by atoms with E-state index >= 15 is 0 Å². The van der Waals surface area contributed by atoms with Crippen LogP contribution in [-0.4, -0.2) is 26.7 Å². The predicted octanol–water partition coefficient (Wildman–Crippen LogP) is 4.05. The molecule has 24 heavy (non-hydrogen) atoms. The minimum Gasteiger partial charge on any atom is -0.334 e. The van der Waals surface area contributed by atoms with E-state index in [1.54, 1.807) is 17.1 Å². The molecule has 0 aliphatic heterocycles. The van der Waals surface area contributed by atoms with Crippen LogP contribution in [0.3, 0.4) is 0 Å². The van der Waals surface area contributed by atoms with Crippen LogP contribution in [0.25, 0.3) is 11.7 Å². The Labute approximate surface area is 146 Å². The van der Waals surface area contributed by atoms with E-state index in [1.807, 2.05) is 66.2 Å². The Balaban J connectivity index is 1.76. The predicted molar refractivity (Wildman–Crippen MR) is 96.8 cm³/mol. The molecule has 3 rings (SSSR count). The molecule has 0 atom stereocenters. The van der Waals surface area contributed by atoms with Gasteiger partial charge >= 0.3 is 0 Å². The summed E-state index contributed by atoms with van der Waals surface area (Å²) in [4.78, 5) is 18.6. The summed E-state index contributed by atoms with van der Waals surface area (Å²) in [7, 11) is 0. The lowest BCUT2D eigenvalue weighted by molar-refractivity contribution is -0.126. The number of hydrogen-bond acceptors (Lipinski definition) is 2. The van der Waals surface area contributed by atoms with Gasteiger partial charge in [0.2, 0.25) is 5.91 Å². The van der Waals surface area contributed by atoms with Crippen molar-refractivity contribution in [1.82, 2.24) is 14.3 Å². The van der Waals surface area contributed by atoms with Crippen molar-refractivity contribution in [2.45, 2.75) is 13.5 Å². The van der Waals surface area contributed by atoms with E-state index in [2.05, 4.69) is 4.98 Å². The van der Waals surface area contributed by atoms with Crippen LogP contribution in [0.4, 0.5) is 0 Å². The second kappa shape index (κ2) is 7.32. The molecule has 0 spiro atoms. The molecule has 0 aliphatic carbocycles. The van der Waals surface area contributed by atoms with Crippen LogP contribution in [0.5, 0.6) is 0 Å². The molecule has 5 heteroatoms. The molecule has 2 heterocycles. The van der Waals surface area contributed by atoms with E-state index in [1.165, 1.54) is 0 Å². The lowest BCUT2D eigenvalue weighted by Crippen LogP contribution is -2.29. The van der Waals surface area contributed by atoms with Crippen molar-refractivity contribution in [3.63, 3.8) is 0 Å². The monoisotopic (exact) mass is 339 g/mol. The average molecular weight is 340 g/mol. The van der Waals surface area contributed by atoms with Gasteiger partial charge in [0.25, 0.3) is 0 Å². The Morgan fingerprint density at radius 2 is 2.04 bits per heavy atom. The van der Waals surface area contributed by atoms with E-state index < -0.39 is 0 Å². The zero-order chi connectivity index (χ0) is 16.9. The first-order valence-corrected chi connectivity index (χ1v) is 8.19. The Kier molecular flexibility index (Phi) is 4.96. The summed E-state index contributed by atoms with van der Waals surface area (Å²) in [5, 5.41) is 0.631. The van der Waals surface area contributed by atoms with Crippen LogP contribution in [-0.2, 0) is 11.3 Å². The van der Waals surface area contributed by atoms with Crippen LogP contribution < -0.4 is 0 Å². The molecule has 0 saturated heterocycles. The molecule has 4 nitrogen and oxygen atoms in total. The van der Waals surface area contributed by atoms with Crippen molar-refractivity contribution in [1.29, 1.82) is 0 Å². The maximum Gasteiger partial charge on any atom is 0.246 e. The zero-order valence-electron chi connectivity index (χ0n) is 13.4. The van der Waals surface area contributed by atoms with Gasteiger partial charge in [0.15, 0.2) is 0 Å². The number of amides is 1. The third-order valence-electron chi connectivity index (χ3n) is 3.85. The number of benzene rings is 1. The van der Waals surface area contributed by atoms with Crippen molar-refractivity contribution < 1.29 is 4.79 Å². The standard InChI is InChI=1S/C19H18ClN3O/c1-2-22(14-16-13-21-18-9-5-6-12-23(16)18)19(24)11-10-15-7-3-4-8-17(15)20/h3-13H,2,14H2,1H3/b11-10+. The fraction of sp³-hybridized carbons (Fsp3) is 0.158. The molecule has 1 aromatic carbocycles. The van der Waals surface area contributed by atoms with Gasteiger partial charge in [0.05, 0.1) is 18.4 Å². The second-order valence-corrected chi connectivity index (χ2v) is 5.79. The smallest absolute Gasteiger partial charge is 0.246 e. The lowest BCUT2D eigenvalue weighted by Gasteiger charge is -2.18. The minimum atomic E-state index is -0.0525. The number of aromatic nitrogens is 2. The van der Waals surface area contributed by atoms with Gasteiger partial charge in [0.1, 0.15) is 5.65 Å². The molecule has 0 aliphatic rings. The second-order valence-electron chi connectivity index (χ2n) is 5.39. The van der Waals surface area contributed by atoms with Crippen molar-refractivity contribution in [2.75, 3.05) is 6.54 Å². The molecule has 0 saturated carbocycles. The number of likely N-dealkylation sites (N-methyl/N-ethyl adjacent to an activating group) is 1. The summed E-state index contributed by atoms with van der Waals surface area (Å²) in [5.74, 6) is -0.0525. The highest BCUT2D eigenvalue weighted by Crippen LogP contribution is 2.16. The number of fused-ring (bicyclic) bond motifs is 1. The highest BCUT2D eigenvalue weighted by atomic mass is 35.5. The summed E-state index contributed by atoms with van der Waals surface area (Å²) < 4.78 is 1.99. The highest BCUT2D eigenvalue weighted by Gasteiger charge is 2.12. The molecule has 0 radical (unpaired) electrons. The first-order chi connectivity index (χ1) is 11.7. The molecule has 3 aromatic rings. The quantitative estimate of drug-likeness (QED) is 0.658. The average Bonchev–Trinajstić information content (AvgIpc) is 3.01. The van der Waals surface area contributed by atoms with Gasteiger partial charge in [-0.15, -0.1) is 0 Å². The summed E-state index contributed by atoms with van der Waals surface area (Å²) in [6, 6.07) is 13.3. The molecule has 0 fully saturated rings. The number of rotatable bonds is 5. The molecule has 0 N–H and O–H groups in total. The van der Waals surface area contributed by atoms with Crippen molar-refractivity contribution in [3.8, 4) is 0 Å². The Bertz CT molecular complexity index is 885. The van der Waals surface area contributed by atoms with Crippen LogP contribution in [0, 0.1) is 0 Å². The number of halogens is 1. The highest BCUT2D eigenvalue weighted by molar-refractivity contribution is 6.32. The van der Waals surface area contributed by atoms with Gasteiger partial charge in [-0.25, -0.2) is 4.98 Å². The van der Waals surface area contributed by atoms with E-state index in [0.29, 0.717) is 18.1 Å². The first kappa shape index (κ1) is 16.3. The van der Waals surface area contributed by atoms with Crippen LogP contribution >= 0.6 is 11.6 Å². The van der Waals surface area contributed by atoms with Gasteiger partial charge in [0, 0.05) is 23.8 Å². The topological polar surface area (TPSA) is 37.6 Å². The minimum absolute atomic E-state index is 0.0525. The third-order valence-corrected chi connectivity index (χ3v) is 4.19. The largest absolute Gasteiger partial charge is 0.334 e. The lowest BCUT2D eigenvalue weighted by atomic mass is 10.2. The number of imidazole rings is 1. The Hall–Kier alpha value is -2.59. The van der Waals surface area contributed by atoms with E-state index in [-0.39, 0.29) is 5.91 Å². The van der Waals surface area contributed by atoms with Crippen LogP contribution in [0.1, 0.15) is 18.2 Å². The van der Waals surface area contributed by atoms with E-state index in [4.69, 9.17) is 11.6 Å². The number of carbonyl (C=O) groups is 1. The van der Waals surface area contributed by atoms with E-state index in [0.717, 1.165) is 16.9 Å². The van der Waals surface area contributed by atoms with Crippen molar-refractivity contribution in [3.05, 3.63) is 77.2 Å². The van der Waals surface area contributed by atoms with Gasteiger partial charge in [-0.2, -0.15) is 0 Å². The van der Waals surface area contributed by atoms with Gasteiger partial charge in [-0.1, -0.05) is 35.9 Å². The first-order valence-electron chi connectivity index (χ1n) is 7.81. The summed E-state index contributed by atoms with van der Waals surface area (Å²) in [5.41, 5.74) is 2.69. The third kappa shape index (κ3) is 3.49. The molecular formula is C19H18ClN3O. The molecular weight excluding hydrogens is 322 g/mol. The SMILES string of the molecule is CCN(Cc1cnc2ccccn12)C(=O)/C=C/c1ccccc1Cl. The molecule has 122 valence electrons. The van der Waals surface area contributed by atoms with Crippen LogP contribution in [0.2, 0.25) is 5.02 Å². The maximum absolute atomic E-state index is 12.5. The number of hydrogen-bond donors (Lipinski definition) is 0. The summed E-state index contributed by atoms with van der Waals surface area (Å²) in [6.45, 7) is 3.09. The fourth-order valence-electron chi connectivity index (χ4n) is 2.52. The number of carbonyl (C=O) groups excluding carboxylic acids is 1. The maximum atomic E-state index is 12.5. The Morgan fingerprint density at radius 3 is 2.83 bits per heavy atom. The van der Waals surface area contributed by atoms with E-state index in [9.17, 15) is 4.79 Å². The van der Waals surface area contributed by atoms with Crippen molar-refractivity contribution in [2.24, 2.45) is 0 Å². The van der Waals surface area contributed by atoms with Gasteiger partial charge in [-0.3, -0.25) is 4.79 Å². The summed E-state index contributed by atoms with van der Waals surface area (Å²) in [6.07, 6.45) is 7.08. The fourth-order valence-corrected chi connectivity index (χ4v) is 2.72. The normalized spacial score (nSPS) is 11.2. The van der Waals surface area contributed by atoms with Gasteiger partial charge < -0.3 is 9.30 Å². The van der Waals surface area contributed by atoms with Crippen molar-refractivity contribution >= 4 is 29.2 Å². The molecule has 0 unspecified atom stereocenters. The Morgan fingerprint density at radius 1 is 1.25 bits per heavy atom. The van der Waals surface area contributed by atoms with Gasteiger partial charge in [-0.05, 0) is 36.8 Å². The summed E-state index contributed by atoms with van der Waals surface area (Å²) >= 11 is 6.11. The molecule has 2 aromatic heterocycles.